The van der Waals surface area contributed by atoms with E-state index in [0.717, 1.165) is 6.42 Å². The smallest absolute Gasteiger partial charge is 0.131 e. The second-order valence-electron chi connectivity index (χ2n) is 5.03. The molecule has 0 aliphatic carbocycles. The molecular formula is C14H22FNO2. The Kier molecular flexibility index (Phi) is 5.11. The summed E-state index contributed by atoms with van der Waals surface area (Å²) in [5, 5.41) is 0. The average Bonchev–Trinajstić information content (AvgIpc) is 2.28. The van der Waals surface area contributed by atoms with Crippen LogP contribution in [-0.2, 0) is 4.74 Å². The quantitative estimate of drug-likeness (QED) is 0.849. The van der Waals surface area contributed by atoms with Gasteiger partial charge in [-0.15, -0.1) is 0 Å². The molecule has 0 aromatic heterocycles. The molecule has 0 bridgehead atoms. The fourth-order valence-electron chi connectivity index (χ4n) is 1.48. The van der Waals surface area contributed by atoms with E-state index in [1.54, 1.807) is 26.2 Å². The van der Waals surface area contributed by atoms with Gasteiger partial charge < -0.3 is 15.2 Å². The molecule has 0 aliphatic rings. The number of ether oxygens (including phenoxy) is 2. The summed E-state index contributed by atoms with van der Waals surface area (Å²) in [6.45, 7) is 6.20. The van der Waals surface area contributed by atoms with Gasteiger partial charge in [-0.1, -0.05) is 6.07 Å². The average molecular weight is 255 g/mol. The Morgan fingerprint density at radius 1 is 1.39 bits per heavy atom. The molecule has 18 heavy (non-hydrogen) atoms. The Morgan fingerprint density at radius 3 is 2.56 bits per heavy atom. The standard InChI is InChI=1S/C14H22FNO2/c1-10(16)12-6-5-11(9-13(12)15)18-8-7-14(2,3)17-4/h5-6,9-10H,7-8,16H2,1-4H3/t10-/m0/s1. The van der Waals surface area contributed by atoms with Crippen molar-refractivity contribution in [2.45, 2.75) is 38.8 Å². The number of nitrogens with two attached hydrogens (primary N) is 1. The second kappa shape index (κ2) is 6.16. The van der Waals surface area contributed by atoms with Crippen LogP contribution in [0.5, 0.6) is 5.75 Å². The van der Waals surface area contributed by atoms with Gasteiger partial charge in [0, 0.05) is 31.2 Å². The van der Waals surface area contributed by atoms with Crippen molar-refractivity contribution in [1.29, 1.82) is 0 Å². The highest BCUT2D eigenvalue weighted by atomic mass is 19.1. The molecule has 1 aromatic carbocycles. The molecule has 1 aromatic rings. The molecule has 1 atom stereocenters. The van der Waals surface area contributed by atoms with Crippen LogP contribution < -0.4 is 10.5 Å². The van der Waals surface area contributed by atoms with Gasteiger partial charge in [0.05, 0.1) is 12.2 Å². The lowest BCUT2D eigenvalue weighted by Gasteiger charge is -2.22. The maximum absolute atomic E-state index is 13.6. The molecule has 3 nitrogen and oxygen atoms in total. The van der Waals surface area contributed by atoms with Gasteiger partial charge in [0.2, 0.25) is 0 Å². The molecule has 0 unspecified atom stereocenters. The molecule has 0 saturated heterocycles. The molecule has 0 amide bonds. The van der Waals surface area contributed by atoms with Crippen molar-refractivity contribution < 1.29 is 13.9 Å². The third-order valence-corrected chi connectivity index (χ3v) is 2.99. The minimum Gasteiger partial charge on any atom is -0.493 e. The predicted molar refractivity (Wildman–Crippen MR) is 70.2 cm³/mol. The minimum absolute atomic E-state index is 0.232. The zero-order chi connectivity index (χ0) is 13.8. The Balaban J connectivity index is 2.57. The van der Waals surface area contributed by atoms with E-state index in [1.807, 2.05) is 13.8 Å². The first-order valence-electron chi connectivity index (χ1n) is 6.09. The lowest BCUT2D eigenvalue weighted by Crippen LogP contribution is -2.25. The van der Waals surface area contributed by atoms with E-state index in [0.29, 0.717) is 17.9 Å². The van der Waals surface area contributed by atoms with Crippen LogP contribution in [0.3, 0.4) is 0 Å². The fourth-order valence-corrected chi connectivity index (χ4v) is 1.48. The van der Waals surface area contributed by atoms with E-state index in [4.69, 9.17) is 15.2 Å². The van der Waals surface area contributed by atoms with Crippen LogP contribution in [0.1, 0.15) is 38.8 Å². The molecule has 1 rings (SSSR count). The summed E-state index contributed by atoms with van der Waals surface area (Å²) in [6, 6.07) is 4.46. The molecule has 0 saturated carbocycles. The first kappa shape index (κ1) is 14.9. The number of methoxy groups -OCH3 is 1. The largest absolute Gasteiger partial charge is 0.493 e. The van der Waals surface area contributed by atoms with Crippen LogP contribution in [-0.4, -0.2) is 19.3 Å². The van der Waals surface area contributed by atoms with Crippen LogP contribution in [0.2, 0.25) is 0 Å². The van der Waals surface area contributed by atoms with E-state index in [2.05, 4.69) is 0 Å². The SMILES string of the molecule is COC(C)(C)CCOc1ccc([C@H](C)N)c(F)c1. The Labute approximate surface area is 108 Å². The molecule has 0 spiro atoms. The van der Waals surface area contributed by atoms with Gasteiger partial charge in [-0.05, 0) is 26.8 Å². The van der Waals surface area contributed by atoms with Gasteiger partial charge in [0.1, 0.15) is 11.6 Å². The fraction of sp³-hybridized carbons (Fsp3) is 0.571. The zero-order valence-corrected chi connectivity index (χ0v) is 11.5. The minimum atomic E-state index is -0.325. The third kappa shape index (κ3) is 4.27. The van der Waals surface area contributed by atoms with Gasteiger partial charge >= 0.3 is 0 Å². The maximum Gasteiger partial charge on any atom is 0.131 e. The summed E-state index contributed by atoms with van der Waals surface area (Å²) in [5.74, 6) is 0.192. The van der Waals surface area contributed by atoms with Crippen molar-refractivity contribution in [3.8, 4) is 5.75 Å². The van der Waals surface area contributed by atoms with Gasteiger partial charge in [-0.25, -0.2) is 4.39 Å². The van der Waals surface area contributed by atoms with Crippen molar-refractivity contribution in [1.82, 2.24) is 0 Å². The van der Waals surface area contributed by atoms with Gasteiger partial charge in [0.15, 0.2) is 0 Å². The molecule has 0 fully saturated rings. The Bertz CT molecular complexity index is 391. The summed E-state index contributed by atoms with van der Waals surface area (Å²) in [7, 11) is 1.66. The molecular weight excluding hydrogens is 233 g/mol. The molecule has 2 N–H and O–H groups in total. The summed E-state index contributed by atoms with van der Waals surface area (Å²) in [4.78, 5) is 0. The van der Waals surface area contributed by atoms with Crippen molar-refractivity contribution in [2.75, 3.05) is 13.7 Å². The molecule has 0 heterocycles. The van der Waals surface area contributed by atoms with Crippen molar-refractivity contribution >= 4 is 0 Å². The highest BCUT2D eigenvalue weighted by Gasteiger charge is 2.16. The van der Waals surface area contributed by atoms with E-state index in [-0.39, 0.29) is 17.5 Å². The van der Waals surface area contributed by atoms with Crippen LogP contribution in [0, 0.1) is 5.82 Å². The number of rotatable bonds is 6. The highest BCUT2D eigenvalue weighted by molar-refractivity contribution is 5.30. The zero-order valence-electron chi connectivity index (χ0n) is 11.5. The van der Waals surface area contributed by atoms with Gasteiger partial charge in [-0.2, -0.15) is 0 Å². The third-order valence-electron chi connectivity index (χ3n) is 2.99. The van der Waals surface area contributed by atoms with E-state index < -0.39 is 0 Å². The Morgan fingerprint density at radius 2 is 2.06 bits per heavy atom. The maximum atomic E-state index is 13.6. The number of hydrogen-bond acceptors (Lipinski definition) is 3. The summed E-state index contributed by atoms with van der Waals surface area (Å²) in [5.41, 5.74) is 5.91. The second-order valence-corrected chi connectivity index (χ2v) is 5.03. The topological polar surface area (TPSA) is 44.5 Å². The predicted octanol–water partition coefficient (Wildman–Crippen LogP) is 3.04. The monoisotopic (exact) mass is 255 g/mol. The van der Waals surface area contributed by atoms with Crippen LogP contribution in [0.15, 0.2) is 18.2 Å². The van der Waals surface area contributed by atoms with E-state index in [1.165, 1.54) is 6.07 Å². The summed E-state index contributed by atoms with van der Waals surface area (Å²) >= 11 is 0. The first-order valence-corrected chi connectivity index (χ1v) is 6.09. The summed E-state index contributed by atoms with van der Waals surface area (Å²) in [6.07, 6.45) is 0.736. The molecule has 0 aliphatic heterocycles. The highest BCUT2D eigenvalue weighted by Crippen LogP contribution is 2.21. The van der Waals surface area contributed by atoms with E-state index in [9.17, 15) is 4.39 Å². The number of hydrogen-bond donors (Lipinski definition) is 1. The molecule has 0 radical (unpaired) electrons. The van der Waals surface area contributed by atoms with Crippen molar-refractivity contribution in [3.63, 3.8) is 0 Å². The van der Waals surface area contributed by atoms with E-state index >= 15 is 0 Å². The summed E-state index contributed by atoms with van der Waals surface area (Å²) < 4.78 is 24.4. The lowest BCUT2D eigenvalue weighted by atomic mass is 10.1. The van der Waals surface area contributed by atoms with Crippen LogP contribution in [0.4, 0.5) is 4.39 Å². The van der Waals surface area contributed by atoms with Crippen LogP contribution in [0.25, 0.3) is 0 Å². The first-order chi connectivity index (χ1) is 8.35. The van der Waals surface area contributed by atoms with Gasteiger partial charge in [0.25, 0.3) is 0 Å². The normalized spacial score (nSPS) is 13.4. The van der Waals surface area contributed by atoms with Crippen LogP contribution >= 0.6 is 0 Å². The van der Waals surface area contributed by atoms with Gasteiger partial charge in [-0.3, -0.25) is 0 Å². The Hall–Kier alpha value is -1.13. The van der Waals surface area contributed by atoms with Crippen molar-refractivity contribution in [3.05, 3.63) is 29.6 Å². The number of halogens is 1. The number of benzene rings is 1. The molecule has 4 heteroatoms. The molecule has 102 valence electrons. The van der Waals surface area contributed by atoms with Crippen molar-refractivity contribution in [2.24, 2.45) is 5.73 Å². The lowest BCUT2D eigenvalue weighted by molar-refractivity contribution is 0.00544.